The average Bonchev–Trinajstić information content (AvgIpc) is 2.96. The third-order valence-corrected chi connectivity index (χ3v) is 6.42. The fraction of sp³-hybridized carbons (Fsp3) is 0.579. The Morgan fingerprint density at radius 3 is 2.57 bits per heavy atom. The van der Waals surface area contributed by atoms with Crippen LogP contribution in [0.15, 0.2) is 9.95 Å². The normalized spacial score (nSPS) is 11.0. The lowest BCUT2D eigenvalue weighted by atomic mass is 10.2. The van der Waals surface area contributed by atoms with E-state index in [2.05, 4.69) is 22.5 Å². The van der Waals surface area contributed by atoms with Crippen LogP contribution in [0.5, 0.6) is 0 Å². The first kappa shape index (κ1) is 22.4. The van der Waals surface area contributed by atoms with Crippen molar-refractivity contribution in [3.8, 4) is 0 Å². The topological polar surface area (TPSA) is 93.1 Å². The number of carbonyl (C=O) groups excluding carboxylic acids is 2. The van der Waals surface area contributed by atoms with Crippen molar-refractivity contribution in [1.29, 1.82) is 0 Å². The second kappa shape index (κ2) is 10.6. The molecule has 0 saturated carbocycles. The van der Waals surface area contributed by atoms with Gasteiger partial charge in [0.2, 0.25) is 11.8 Å². The van der Waals surface area contributed by atoms with Crippen LogP contribution in [0.2, 0.25) is 0 Å². The zero-order chi connectivity index (χ0) is 20.7. The molecule has 0 saturated heterocycles. The summed E-state index contributed by atoms with van der Waals surface area (Å²) in [6, 6.07) is 0. The molecule has 28 heavy (non-hydrogen) atoms. The zero-order valence-electron chi connectivity index (χ0n) is 16.9. The highest BCUT2D eigenvalue weighted by atomic mass is 32.2. The Kier molecular flexibility index (Phi) is 8.50. The van der Waals surface area contributed by atoms with Crippen LogP contribution in [0, 0.1) is 13.8 Å². The van der Waals surface area contributed by atoms with Crippen molar-refractivity contribution in [2.75, 3.05) is 18.8 Å². The quantitative estimate of drug-likeness (QED) is 0.452. The fourth-order valence-electron chi connectivity index (χ4n) is 2.62. The lowest BCUT2D eigenvalue weighted by Crippen LogP contribution is -2.38. The summed E-state index contributed by atoms with van der Waals surface area (Å²) in [4.78, 5) is 43.2. The molecule has 0 radical (unpaired) electrons. The molecule has 2 heterocycles. The largest absolute Gasteiger partial charge is 0.355 e. The van der Waals surface area contributed by atoms with Crippen molar-refractivity contribution in [1.82, 2.24) is 20.2 Å². The van der Waals surface area contributed by atoms with Gasteiger partial charge in [0.05, 0.1) is 17.7 Å². The van der Waals surface area contributed by atoms with E-state index < -0.39 is 0 Å². The summed E-state index contributed by atoms with van der Waals surface area (Å²) in [5, 5.41) is 6.55. The third kappa shape index (κ3) is 5.57. The van der Waals surface area contributed by atoms with E-state index in [1.54, 1.807) is 4.57 Å². The first-order valence-electron chi connectivity index (χ1n) is 9.55. The van der Waals surface area contributed by atoms with E-state index in [1.807, 2.05) is 20.8 Å². The number of thioether (sulfide) groups is 1. The number of fused-ring (bicyclic) bond motifs is 1. The van der Waals surface area contributed by atoms with Gasteiger partial charge in [0.15, 0.2) is 5.16 Å². The number of amides is 2. The highest BCUT2D eigenvalue weighted by Crippen LogP contribution is 2.28. The number of rotatable bonds is 10. The molecular weight excluding hydrogens is 396 g/mol. The van der Waals surface area contributed by atoms with Gasteiger partial charge in [-0.2, -0.15) is 0 Å². The minimum Gasteiger partial charge on any atom is -0.355 e. The number of hydrogen-bond donors (Lipinski definition) is 2. The van der Waals surface area contributed by atoms with Crippen LogP contribution in [-0.4, -0.2) is 40.2 Å². The number of aromatic nitrogens is 2. The second-order valence-electron chi connectivity index (χ2n) is 6.58. The van der Waals surface area contributed by atoms with Crippen LogP contribution in [-0.2, 0) is 16.1 Å². The summed E-state index contributed by atoms with van der Waals surface area (Å²) in [7, 11) is 0. The minimum atomic E-state index is -0.258. The summed E-state index contributed by atoms with van der Waals surface area (Å²) in [5.41, 5.74) is 0.942. The molecule has 2 amide bonds. The first-order chi connectivity index (χ1) is 13.4. The van der Waals surface area contributed by atoms with Crippen LogP contribution in [0.4, 0.5) is 0 Å². The summed E-state index contributed by atoms with van der Waals surface area (Å²) < 4.78 is 1.68. The highest BCUT2D eigenvalue weighted by Gasteiger charge is 2.17. The van der Waals surface area contributed by atoms with Crippen LogP contribution >= 0.6 is 23.1 Å². The van der Waals surface area contributed by atoms with Gasteiger partial charge < -0.3 is 10.6 Å². The van der Waals surface area contributed by atoms with Crippen molar-refractivity contribution in [3.63, 3.8) is 0 Å². The Bertz CT molecular complexity index is 905. The smallest absolute Gasteiger partial charge is 0.263 e. The zero-order valence-corrected chi connectivity index (χ0v) is 18.5. The molecule has 2 rings (SSSR count). The number of unbranched alkanes of at least 4 members (excludes halogenated alkanes) is 1. The summed E-state index contributed by atoms with van der Waals surface area (Å²) >= 11 is 2.74. The van der Waals surface area contributed by atoms with Gasteiger partial charge in [-0.25, -0.2) is 4.98 Å². The Balaban J connectivity index is 2.13. The van der Waals surface area contributed by atoms with E-state index in [-0.39, 0.29) is 29.7 Å². The molecule has 0 aliphatic heterocycles. The Morgan fingerprint density at radius 1 is 1.14 bits per heavy atom. The van der Waals surface area contributed by atoms with E-state index in [1.165, 1.54) is 23.1 Å². The average molecular weight is 425 g/mol. The molecule has 0 atom stereocenters. The Hall–Kier alpha value is -1.87. The van der Waals surface area contributed by atoms with Crippen molar-refractivity contribution < 1.29 is 9.59 Å². The van der Waals surface area contributed by atoms with Crippen molar-refractivity contribution in [2.45, 2.75) is 58.7 Å². The van der Waals surface area contributed by atoms with Gasteiger partial charge in [-0.05, 0) is 32.3 Å². The number of hydrogen-bond acceptors (Lipinski definition) is 6. The maximum atomic E-state index is 13.0. The van der Waals surface area contributed by atoms with Crippen LogP contribution in [0.1, 0.15) is 43.6 Å². The molecule has 0 unspecified atom stereocenters. The molecule has 0 bridgehead atoms. The molecule has 0 aliphatic rings. The lowest BCUT2D eigenvalue weighted by Gasteiger charge is -2.12. The van der Waals surface area contributed by atoms with Crippen LogP contribution < -0.4 is 16.2 Å². The number of nitrogens with zero attached hydrogens (tertiary/aromatic N) is 2. The predicted molar refractivity (Wildman–Crippen MR) is 115 cm³/mol. The van der Waals surface area contributed by atoms with Gasteiger partial charge in [0.1, 0.15) is 4.83 Å². The number of thiophene rings is 1. The standard InChI is InChI=1S/C19H28N4O3S2/c1-5-7-9-23-18(26)16-12(3)13(4)28-17(16)22-19(23)27-11-15(25)21-10-14(24)20-8-6-2/h5-11H2,1-4H3,(H,20,24)(H,21,25). The molecule has 7 nitrogen and oxygen atoms in total. The third-order valence-electron chi connectivity index (χ3n) is 4.34. The minimum absolute atomic E-state index is 0.0397. The highest BCUT2D eigenvalue weighted by molar-refractivity contribution is 7.99. The van der Waals surface area contributed by atoms with Crippen LogP contribution in [0.3, 0.4) is 0 Å². The number of carbonyl (C=O) groups is 2. The van der Waals surface area contributed by atoms with Crippen molar-refractivity contribution >= 4 is 45.1 Å². The Labute approximate surface area is 173 Å². The maximum Gasteiger partial charge on any atom is 0.263 e. The van der Waals surface area contributed by atoms with Crippen LogP contribution in [0.25, 0.3) is 10.2 Å². The van der Waals surface area contributed by atoms with Gasteiger partial charge >= 0.3 is 0 Å². The summed E-state index contributed by atoms with van der Waals surface area (Å²) in [5.74, 6) is -0.357. The SMILES string of the molecule is CCCCn1c(SCC(=O)NCC(=O)NCCC)nc2sc(C)c(C)c2c1=O. The van der Waals surface area contributed by atoms with E-state index in [0.29, 0.717) is 23.6 Å². The van der Waals surface area contributed by atoms with Gasteiger partial charge in [0.25, 0.3) is 5.56 Å². The van der Waals surface area contributed by atoms with E-state index >= 15 is 0 Å². The molecule has 2 aromatic rings. The molecule has 2 aromatic heterocycles. The van der Waals surface area contributed by atoms with Gasteiger partial charge in [-0.15, -0.1) is 11.3 Å². The molecule has 0 aromatic carbocycles. The predicted octanol–water partition coefficient (Wildman–Crippen LogP) is 2.61. The van der Waals surface area contributed by atoms with Gasteiger partial charge in [-0.3, -0.25) is 19.0 Å². The second-order valence-corrected chi connectivity index (χ2v) is 8.73. The molecule has 154 valence electrons. The van der Waals surface area contributed by atoms with E-state index in [9.17, 15) is 14.4 Å². The molecule has 0 spiro atoms. The monoisotopic (exact) mass is 424 g/mol. The number of aryl methyl sites for hydroxylation is 2. The maximum absolute atomic E-state index is 13.0. The lowest BCUT2D eigenvalue weighted by molar-refractivity contribution is -0.124. The Morgan fingerprint density at radius 2 is 1.89 bits per heavy atom. The summed E-state index contributed by atoms with van der Waals surface area (Å²) in [6.45, 7) is 9.10. The van der Waals surface area contributed by atoms with Crippen molar-refractivity contribution in [2.24, 2.45) is 0 Å². The molecule has 0 fully saturated rings. The van der Waals surface area contributed by atoms with E-state index in [4.69, 9.17) is 0 Å². The summed E-state index contributed by atoms with van der Waals surface area (Å²) in [6.07, 6.45) is 2.68. The van der Waals surface area contributed by atoms with Gasteiger partial charge in [0, 0.05) is 18.0 Å². The molecule has 9 heteroatoms. The fourth-order valence-corrected chi connectivity index (χ4v) is 4.54. The molecule has 0 aliphatic carbocycles. The number of nitrogens with one attached hydrogen (secondary N) is 2. The van der Waals surface area contributed by atoms with Crippen molar-refractivity contribution in [3.05, 3.63) is 20.8 Å². The van der Waals surface area contributed by atoms with Gasteiger partial charge in [-0.1, -0.05) is 32.0 Å². The molecular formula is C19H28N4O3S2. The first-order valence-corrected chi connectivity index (χ1v) is 11.4. The van der Waals surface area contributed by atoms with E-state index in [0.717, 1.165) is 34.5 Å². The molecule has 2 N–H and O–H groups in total.